The highest BCUT2D eigenvalue weighted by Gasteiger charge is 2.20. The maximum Gasteiger partial charge on any atom is 0.308 e. The van der Waals surface area contributed by atoms with Gasteiger partial charge in [-0.05, 0) is 84.3 Å². The second-order valence-corrected chi connectivity index (χ2v) is 15.7. The van der Waals surface area contributed by atoms with Gasteiger partial charge in [-0.3, -0.25) is 14.5 Å². The summed E-state index contributed by atoms with van der Waals surface area (Å²) in [7, 11) is 0. The van der Waals surface area contributed by atoms with Gasteiger partial charge in [-0.15, -0.1) is 0 Å². The van der Waals surface area contributed by atoms with Crippen LogP contribution in [0.2, 0.25) is 0 Å². The Balaban J connectivity index is 2.29. The van der Waals surface area contributed by atoms with Crippen molar-refractivity contribution in [3.05, 3.63) is 0 Å². The monoisotopic (exact) mass is 722 g/mol. The number of nitrogens with zero attached hydrogens (tertiary/aromatic N) is 2. The number of unbranched alkanes of at least 4 members (excludes halogenated alkanes) is 16. The smallest absolute Gasteiger partial charge is 0.308 e. The van der Waals surface area contributed by atoms with Crippen LogP contribution in [0.15, 0.2) is 0 Å². The van der Waals surface area contributed by atoms with Gasteiger partial charge < -0.3 is 19.7 Å². The molecule has 0 aromatic rings. The zero-order valence-electron chi connectivity index (χ0n) is 34.8. The Kier molecular flexibility index (Phi) is 32.4. The third-order valence-corrected chi connectivity index (χ3v) is 11.2. The fourth-order valence-corrected chi connectivity index (χ4v) is 7.53. The second-order valence-electron chi connectivity index (χ2n) is 15.7. The molecule has 2 unspecified atom stereocenters. The molecule has 0 amide bonds. The van der Waals surface area contributed by atoms with E-state index in [0.717, 1.165) is 90.3 Å². The molecule has 0 saturated carbocycles. The number of esters is 2. The minimum absolute atomic E-state index is 0.0150. The molecule has 1 saturated heterocycles. The zero-order valence-corrected chi connectivity index (χ0v) is 34.8. The SMILES string of the molecule is CCCCCCCCC[C@H](CCCCC)C(=O)OCCCCCCCN(CCCCCCOC(=O)C(CC)CCCC)CCCN1CCNC1C. The highest BCUT2D eigenvalue weighted by atomic mass is 16.5. The molecule has 0 aromatic heterocycles. The number of ether oxygens (including phenoxy) is 2. The second kappa shape index (κ2) is 34.6. The summed E-state index contributed by atoms with van der Waals surface area (Å²) in [6.45, 7) is 19.2. The van der Waals surface area contributed by atoms with Gasteiger partial charge in [-0.25, -0.2) is 0 Å². The lowest BCUT2D eigenvalue weighted by Crippen LogP contribution is -2.35. The van der Waals surface area contributed by atoms with Crippen LogP contribution in [0, 0.1) is 11.8 Å². The molecule has 1 heterocycles. The topological polar surface area (TPSA) is 71.1 Å². The molecule has 0 aliphatic carbocycles. The third-order valence-electron chi connectivity index (χ3n) is 11.2. The minimum Gasteiger partial charge on any atom is -0.465 e. The Hall–Kier alpha value is -1.18. The summed E-state index contributed by atoms with van der Waals surface area (Å²) >= 11 is 0. The van der Waals surface area contributed by atoms with Crippen LogP contribution in [-0.4, -0.2) is 80.4 Å². The van der Waals surface area contributed by atoms with E-state index < -0.39 is 0 Å². The fraction of sp³-hybridized carbons (Fsp3) is 0.955. The van der Waals surface area contributed by atoms with Crippen molar-refractivity contribution in [1.82, 2.24) is 15.1 Å². The normalized spacial score (nSPS) is 16.2. The van der Waals surface area contributed by atoms with Crippen molar-refractivity contribution in [2.45, 2.75) is 208 Å². The summed E-state index contributed by atoms with van der Waals surface area (Å²) in [6, 6.07) is 0. The van der Waals surface area contributed by atoms with Gasteiger partial charge in [0.1, 0.15) is 0 Å². The highest BCUT2D eigenvalue weighted by Crippen LogP contribution is 2.21. The Labute approximate surface area is 317 Å². The molecule has 0 spiro atoms. The first-order valence-corrected chi connectivity index (χ1v) is 22.5. The predicted molar refractivity (Wildman–Crippen MR) is 217 cm³/mol. The lowest BCUT2D eigenvalue weighted by atomic mass is 9.94. The Morgan fingerprint density at radius 3 is 1.59 bits per heavy atom. The molecule has 0 radical (unpaired) electrons. The van der Waals surface area contributed by atoms with Crippen LogP contribution in [0.3, 0.4) is 0 Å². The molecule has 3 atom stereocenters. The largest absolute Gasteiger partial charge is 0.465 e. The van der Waals surface area contributed by atoms with Gasteiger partial charge in [0.05, 0.1) is 31.2 Å². The summed E-state index contributed by atoms with van der Waals surface area (Å²) in [6.07, 6.45) is 30.8. The van der Waals surface area contributed by atoms with Crippen LogP contribution < -0.4 is 5.32 Å². The van der Waals surface area contributed by atoms with Crippen molar-refractivity contribution in [2.75, 3.05) is 52.5 Å². The molecule has 1 rings (SSSR count). The number of carbonyl (C=O) groups is 2. The fourth-order valence-electron chi connectivity index (χ4n) is 7.53. The van der Waals surface area contributed by atoms with E-state index in [1.54, 1.807) is 0 Å². The van der Waals surface area contributed by atoms with E-state index in [0.29, 0.717) is 19.4 Å². The van der Waals surface area contributed by atoms with Gasteiger partial charge in [0.25, 0.3) is 0 Å². The molecular weight excluding hydrogens is 635 g/mol. The van der Waals surface area contributed by atoms with Crippen molar-refractivity contribution < 1.29 is 19.1 Å². The van der Waals surface area contributed by atoms with E-state index in [-0.39, 0.29) is 23.8 Å². The van der Waals surface area contributed by atoms with E-state index in [1.807, 2.05) is 0 Å². The molecule has 7 heteroatoms. The average Bonchev–Trinajstić information content (AvgIpc) is 3.54. The highest BCUT2D eigenvalue weighted by molar-refractivity contribution is 5.72. The molecule has 302 valence electrons. The molecule has 0 bridgehead atoms. The maximum absolute atomic E-state index is 12.9. The van der Waals surface area contributed by atoms with Crippen molar-refractivity contribution in [3.8, 4) is 0 Å². The van der Waals surface area contributed by atoms with Crippen LogP contribution in [-0.2, 0) is 19.1 Å². The summed E-state index contributed by atoms with van der Waals surface area (Å²) in [5, 5.41) is 3.55. The number of nitrogens with one attached hydrogen (secondary N) is 1. The third kappa shape index (κ3) is 26.3. The van der Waals surface area contributed by atoms with Crippen molar-refractivity contribution in [3.63, 3.8) is 0 Å². The van der Waals surface area contributed by atoms with E-state index in [4.69, 9.17) is 9.47 Å². The number of rotatable bonds is 37. The lowest BCUT2D eigenvalue weighted by molar-refractivity contribution is -0.150. The van der Waals surface area contributed by atoms with Gasteiger partial charge in [0.2, 0.25) is 0 Å². The zero-order chi connectivity index (χ0) is 37.2. The van der Waals surface area contributed by atoms with Crippen molar-refractivity contribution in [1.29, 1.82) is 0 Å². The molecule has 0 aromatic carbocycles. The minimum atomic E-state index is 0.0150. The molecule has 1 fully saturated rings. The Morgan fingerprint density at radius 2 is 1.04 bits per heavy atom. The first-order chi connectivity index (χ1) is 25.0. The quantitative estimate of drug-likeness (QED) is 0.0506. The van der Waals surface area contributed by atoms with Crippen LogP contribution in [0.5, 0.6) is 0 Å². The van der Waals surface area contributed by atoms with Crippen LogP contribution >= 0.6 is 0 Å². The molecule has 7 nitrogen and oxygen atoms in total. The number of carbonyl (C=O) groups excluding carboxylic acids is 2. The molecule has 1 aliphatic heterocycles. The molecule has 1 N–H and O–H groups in total. The molecule has 51 heavy (non-hydrogen) atoms. The van der Waals surface area contributed by atoms with Gasteiger partial charge >= 0.3 is 11.9 Å². The Bertz CT molecular complexity index is 796. The predicted octanol–water partition coefficient (Wildman–Crippen LogP) is 11.1. The number of hydrogen-bond acceptors (Lipinski definition) is 7. The molecule has 1 aliphatic rings. The van der Waals surface area contributed by atoms with Gasteiger partial charge in [-0.1, -0.05) is 137 Å². The average molecular weight is 722 g/mol. The van der Waals surface area contributed by atoms with Gasteiger partial charge in [-0.2, -0.15) is 0 Å². The maximum atomic E-state index is 12.9. The number of hydrogen-bond donors (Lipinski definition) is 1. The summed E-state index contributed by atoms with van der Waals surface area (Å²) in [4.78, 5) is 30.6. The van der Waals surface area contributed by atoms with E-state index in [9.17, 15) is 9.59 Å². The summed E-state index contributed by atoms with van der Waals surface area (Å²) < 4.78 is 11.4. The standard InChI is InChI=1S/C44H87N3O4/c1-6-10-13-14-15-17-23-31-42(30-22-11-7-2)44(49)51-39-26-20-16-18-24-33-46(35-28-36-47-37-32-45-40(47)5)34-25-19-21-27-38-50-43(48)41(9-4)29-12-8-3/h40-42,45H,6-39H2,1-5H3/t40?,41?,42-/m0/s1. The van der Waals surface area contributed by atoms with Crippen LogP contribution in [0.4, 0.5) is 0 Å². The van der Waals surface area contributed by atoms with Crippen LogP contribution in [0.1, 0.15) is 202 Å². The van der Waals surface area contributed by atoms with Gasteiger partial charge in [0.15, 0.2) is 0 Å². The van der Waals surface area contributed by atoms with E-state index in [2.05, 4.69) is 49.7 Å². The van der Waals surface area contributed by atoms with E-state index in [1.165, 1.54) is 116 Å². The van der Waals surface area contributed by atoms with Crippen molar-refractivity contribution in [2.24, 2.45) is 11.8 Å². The van der Waals surface area contributed by atoms with Crippen LogP contribution in [0.25, 0.3) is 0 Å². The first kappa shape index (κ1) is 47.8. The first-order valence-electron chi connectivity index (χ1n) is 22.5. The lowest BCUT2D eigenvalue weighted by Gasteiger charge is -2.25. The summed E-state index contributed by atoms with van der Waals surface area (Å²) in [5.41, 5.74) is 0. The summed E-state index contributed by atoms with van der Waals surface area (Å²) in [5.74, 6) is 0.272. The Morgan fingerprint density at radius 1 is 0.588 bits per heavy atom. The van der Waals surface area contributed by atoms with Gasteiger partial charge in [0, 0.05) is 19.6 Å². The van der Waals surface area contributed by atoms with Crippen molar-refractivity contribution >= 4 is 11.9 Å². The van der Waals surface area contributed by atoms with E-state index >= 15 is 0 Å². The molecular formula is C44H87N3O4.